The van der Waals surface area contributed by atoms with Gasteiger partial charge in [0, 0.05) is 6.42 Å². The minimum Gasteiger partial charge on any atom is -0.393 e. The summed E-state index contributed by atoms with van der Waals surface area (Å²) in [6.45, 7) is 1.55. The maximum Gasteiger partial charge on any atom is 0.433 e. The molecule has 1 amide bonds. The maximum atomic E-state index is 12.2. The van der Waals surface area contributed by atoms with Crippen LogP contribution in [0, 0.1) is 0 Å². The van der Waals surface area contributed by atoms with Crippen LogP contribution in [0.5, 0.6) is 0 Å². The standard InChI is InChI=1S/C11H13F3N2O2/c1-7(17)2-5-10(18)16-8-3-4-9(15-6-8)11(12,13)14/h3-4,6-7,17H,2,5H2,1H3,(H,16,18). The fraction of sp³-hybridized carbons (Fsp3) is 0.455. The summed E-state index contributed by atoms with van der Waals surface area (Å²) in [4.78, 5) is 14.5. The number of carbonyl (C=O) groups excluding carboxylic acids is 1. The van der Waals surface area contributed by atoms with Gasteiger partial charge in [0.15, 0.2) is 0 Å². The van der Waals surface area contributed by atoms with Crippen molar-refractivity contribution in [2.75, 3.05) is 5.32 Å². The zero-order valence-electron chi connectivity index (χ0n) is 9.66. The van der Waals surface area contributed by atoms with Crippen molar-refractivity contribution in [3.8, 4) is 0 Å². The number of rotatable bonds is 4. The number of aliphatic hydroxyl groups excluding tert-OH is 1. The Labute approximate surface area is 102 Å². The number of halogens is 3. The zero-order valence-corrected chi connectivity index (χ0v) is 9.66. The normalized spacial score (nSPS) is 13.2. The van der Waals surface area contributed by atoms with Crippen molar-refractivity contribution >= 4 is 11.6 Å². The van der Waals surface area contributed by atoms with Crippen molar-refractivity contribution < 1.29 is 23.1 Å². The predicted octanol–water partition coefficient (Wildman–Crippen LogP) is 2.20. The highest BCUT2D eigenvalue weighted by molar-refractivity contribution is 5.90. The second-order valence-electron chi connectivity index (χ2n) is 3.87. The molecule has 1 aromatic rings. The molecule has 0 aliphatic carbocycles. The van der Waals surface area contributed by atoms with Crippen molar-refractivity contribution in [2.45, 2.75) is 32.0 Å². The molecule has 0 saturated heterocycles. The van der Waals surface area contributed by atoms with Crippen LogP contribution in [0.3, 0.4) is 0 Å². The number of pyridine rings is 1. The highest BCUT2D eigenvalue weighted by atomic mass is 19.4. The van der Waals surface area contributed by atoms with E-state index >= 15 is 0 Å². The summed E-state index contributed by atoms with van der Waals surface area (Å²) in [7, 11) is 0. The Kier molecular flexibility index (Phi) is 4.66. The van der Waals surface area contributed by atoms with E-state index in [0.29, 0.717) is 6.42 Å². The SMILES string of the molecule is CC(O)CCC(=O)Nc1ccc(C(F)(F)F)nc1. The number of carbonyl (C=O) groups is 1. The first-order chi connectivity index (χ1) is 8.29. The zero-order chi connectivity index (χ0) is 13.8. The van der Waals surface area contributed by atoms with Gasteiger partial charge < -0.3 is 10.4 Å². The molecule has 1 aromatic heterocycles. The second kappa shape index (κ2) is 5.81. The Morgan fingerprint density at radius 3 is 2.61 bits per heavy atom. The van der Waals surface area contributed by atoms with Crippen LogP contribution in [0.25, 0.3) is 0 Å². The van der Waals surface area contributed by atoms with E-state index < -0.39 is 18.0 Å². The van der Waals surface area contributed by atoms with E-state index in [0.717, 1.165) is 18.3 Å². The monoisotopic (exact) mass is 262 g/mol. The quantitative estimate of drug-likeness (QED) is 0.874. The van der Waals surface area contributed by atoms with E-state index in [1.165, 1.54) is 0 Å². The Balaban J connectivity index is 2.56. The van der Waals surface area contributed by atoms with Crippen molar-refractivity contribution in [2.24, 2.45) is 0 Å². The van der Waals surface area contributed by atoms with Crippen LogP contribution >= 0.6 is 0 Å². The summed E-state index contributed by atoms with van der Waals surface area (Å²) in [5, 5.41) is 11.4. The van der Waals surface area contributed by atoms with Crippen LogP contribution in [0.15, 0.2) is 18.3 Å². The van der Waals surface area contributed by atoms with Crippen molar-refractivity contribution in [3.63, 3.8) is 0 Å². The van der Waals surface area contributed by atoms with Gasteiger partial charge in [-0.3, -0.25) is 4.79 Å². The molecule has 4 nitrogen and oxygen atoms in total. The number of aliphatic hydroxyl groups is 1. The molecule has 100 valence electrons. The lowest BCUT2D eigenvalue weighted by Crippen LogP contribution is -2.15. The van der Waals surface area contributed by atoms with Gasteiger partial charge in [0.25, 0.3) is 0 Å². The van der Waals surface area contributed by atoms with Gasteiger partial charge in [0.2, 0.25) is 5.91 Å². The summed E-state index contributed by atoms with van der Waals surface area (Å²) in [5.41, 5.74) is -0.817. The summed E-state index contributed by atoms with van der Waals surface area (Å²) < 4.78 is 36.6. The lowest BCUT2D eigenvalue weighted by Gasteiger charge is -2.08. The average Bonchev–Trinajstić information content (AvgIpc) is 2.26. The molecule has 0 aromatic carbocycles. The Hall–Kier alpha value is -1.63. The van der Waals surface area contributed by atoms with Crippen molar-refractivity contribution in [1.82, 2.24) is 4.98 Å². The molecule has 7 heteroatoms. The molecule has 1 atom stereocenters. The van der Waals surface area contributed by atoms with Gasteiger partial charge in [-0.2, -0.15) is 13.2 Å². The first kappa shape index (κ1) is 14.4. The Bertz CT molecular complexity index is 402. The van der Waals surface area contributed by atoms with Crippen LogP contribution in [0.1, 0.15) is 25.5 Å². The molecular formula is C11H13F3N2O2. The number of hydrogen-bond acceptors (Lipinski definition) is 3. The van der Waals surface area contributed by atoms with Crippen molar-refractivity contribution in [3.05, 3.63) is 24.0 Å². The van der Waals surface area contributed by atoms with Crippen LogP contribution in [0.4, 0.5) is 18.9 Å². The van der Waals surface area contributed by atoms with Crippen LogP contribution in [-0.2, 0) is 11.0 Å². The van der Waals surface area contributed by atoms with Gasteiger partial charge >= 0.3 is 6.18 Å². The first-order valence-corrected chi connectivity index (χ1v) is 5.30. The topological polar surface area (TPSA) is 62.2 Å². The molecule has 1 rings (SSSR count). The number of amides is 1. The predicted molar refractivity (Wildman–Crippen MR) is 58.8 cm³/mol. The van der Waals surface area contributed by atoms with E-state index in [4.69, 9.17) is 5.11 Å². The molecule has 2 N–H and O–H groups in total. The molecule has 0 bridgehead atoms. The highest BCUT2D eigenvalue weighted by Crippen LogP contribution is 2.27. The lowest BCUT2D eigenvalue weighted by molar-refractivity contribution is -0.141. The number of hydrogen-bond donors (Lipinski definition) is 2. The molecular weight excluding hydrogens is 249 g/mol. The summed E-state index contributed by atoms with van der Waals surface area (Å²) >= 11 is 0. The molecule has 0 aliphatic heterocycles. The molecule has 18 heavy (non-hydrogen) atoms. The molecule has 0 fully saturated rings. The molecule has 0 saturated carbocycles. The van der Waals surface area contributed by atoms with Crippen LogP contribution in [0.2, 0.25) is 0 Å². The number of aromatic nitrogens is 1. The van der Waals surface area contributed by atoms with Gasteiger partial charge in [0.05, 0.1) is 18.0 Å². The highest BCUT2D eigenvalue weighted by Gasteiger charge is 2.32. The fourth-order valence-electron chi connectivity index (χ4n) is 1.20. The molecule has 1 unspecified atom stereocenters. The maximum absolute atomic E-state index is 12.2. The fourth-order valence-corrected chi connectivity index (χ4v) is 1.20. The van der Waals surface area contributed by atoms with Gasteiger partial charge in [-0.1, -0.05) is 0 Å². The Morgan fingerprint density at radius 2 is 2.17 bits per heavy atom. The third-order valence-corrected chi connectivity index (χ3v) is 2.13. The number of nitrogens with one attached hydrogen (secondary N) is 1. The van der Waals surface area contributed by atoms with Gasteiger partial charge in [-0.15, -0.1) is 0 Å². The van der Waals surface area contributed by atoms with E-state index in [9.17, 15) is 18.0 Å². The summed E-state index contributed by atoms with van der Waals surface area (Å²) in [5.74, 6) is -0.377. The van der Waals surface area contributed by atoms with E-state index in [-0.39, 0.29) is 18.0 Å². The van der Waals surface area contributed by atoms with Gasteiger partial charge in [-0.05, 0) is 25.5 Å². The van der Waals surface area contributed by atoms with Crippen LogP contribution in [-0.4, -0.2) is 22.1 Å². The summed E-state index contributed by atoms with van der Waals surface area (Å²) in [6.07, 6.45) is -3.75. The lowest BCUT2D eigenvalue weighted by atomic mass is 10.2. The minimum absolute atomic E-state index is 0.0959. The van der Waals surface area contributed by atoms with Crippen LogP contribution < -0.4 is 5.32 Å². The first-order valence-electron chi connectivity index (χ1n) is 5.30. The third-order valence-electron chi connectivity index (χ3n) is 2.13. The number of alkyl halides is 3. The third kappa shape index (κ3) is 4.70. The average molecular weight is 262 g/mol. The second-order valence-corrected chi connectivity index (χ2v) is 3.87. The number of anilines is 1. The largest absolute Gasteiger partial charge is 0.433 e. The van der Waals surface area contributed by atoms with E-state index in [1.54, 1.807) is 6.92 Å². The summed E-state index contributed by atoms with van der Waals surface area (Å²) in [6, 6.07) is 1.93. The van der Waals surface area contributed by atoms with E-state index in [1.807, 2.05) is 0 Å². The molecule has 1 heterocycles. The molecule has 0 radical (unpaired) electrons. The van der Waals surface area contributed by atoms with Gasteiger partial charge in [-0.25, -0.2) is 4.98 Å². The molecule has 0 aliphatic rings. The van der Waals surface area contributed by atoms with Crippen molar-refractivity contribution in [1.29, 1.82) is 0 Å². The smallest absolute Gasteiger partial charge is 0.393 e. The molecule has 0 spiro atoms. The minimum atomic E-state index is -4.49. The Morgan fingerprint density at radius 1 is 1.50 bits per heavy atom. The van der Waals surface area contributed by atoms with Gasteiger partial charge in [0.1, 0.15) is 5.69 Å². The number of nitrogens with zero attached hydrogens (tertiary/aromatic N) is 1. The van der Waals surface area contributed by atoms with E-state index in [2.05, 4.69) is 10.3 Å².